The van der Waals surface area contributed by atoms with Crippen molar-refractivity contribution in [1.29, 1.82) is 0 Å². The van der Waals surface area contributed by atoms with Crippen LogP contribution in [0.4, 0.5) is 26.3 Å². The van der Waals surface area contributed by atoms with E-state index in [4.69, 9.17) is 9.47 Å². The lowest BCUT2D eigenvalue weighted by Crippen LogP contribution is -2.46. The number of Topliss-reactive ketones (excluding diaryl/α,β-unsaturated/α-hetero) is 3. The van der Waals surface area contributed by atoms with Crippen LogP contribution in [0.3, 0.4) is 0 Å². The Kier molecular flexibility index (Phi) is 11.5. The quantitative estimate of drug-likeness (QED) is 0.283. The highest BCUT2D eigenvalue weighted by Crippen LogP contribution is 2.52. The van der Waals surface area contributed by atoms with Crippen molar-refractivity contribution >= 4 is 23.3 Å². The summed E-state index contributed by atoms with van der Waals surface area (Å²) < 4.78 is 91.5. The van der Waals surface area contributed by atoms with Gasteiger partial charge < -0.3 is 14.8 Å². The first kappa shape index (κ1) is 34.2. The number of ether oxygens (including phenoxy) is 2. The second-order valence-corrected chi connectivity index (χ2v) is 10.7. The summed E-state index contributed by atoms with van der Waals surface area (Å²) in [5.41, 5.74) is -2.44. The molecule has 1 aromatic carbocycles. The van der Waals surface area contributed by atoms with Crippen LogP contribution in [0, 0.1) is 23.2 Å². The van der Waals surface area contributed by atoms with Gasteiger partial charge in [-0.05, 0) is 36.5 Å². The number of carbonyl (C=O) groups is 4. The van der Waals surface area contributed by atoms with Crippen LogP contribution in [0.1, 0.15) is 64.0 Å². The zero-order chi connectivity index (χ0) is 31.2. The Balaban J connectivity index is 2.39. The van der Waals surface area contributed by atoms with Crippen LogP contribution < -0.4 is 10.1 Å². The maximum absolute atomic E-state index is 13.9. The average Bonchev–Trinajstić information content (AvgIpc) is 3.41. The minimum Gasteiger partial charge on any atom is -0.497 e. The Morgan fingerprint density at radius 3 is 1.93 bits per heavy atom. The zero-order valence-electron chi connectivity index (χ0n) is 23.3. The number of hydrogen-bond donors (Lipinski definition) is 1. The van der Waals surface area contributed by atoms with Gasteiger partial charge >= 0.3 is 12.4 Å². The van der Waals surface area contributed by atoms with Gasteiger partial charge in [-0.1, -0.05) is 38.8 Å². The van der Waals surface area contributed by atoms with Crippen LogP contribution in [0.2, 0.25) is 0 Å². The van der Waals surface area contributed by atoms with E-state index in [1.54, 1.807) is 0 Å². The summed E-state index contributed by atoms with van der Waals surface area (Å²) in [7, 11) is 2.56. The predicted octanol–water partition coefficient (Wildman–Crippen LogP) is 5.56. The number of halogens is 6. The molecule has 1 saturated carbocycles. The van der Waals surface area contributed by atoms with Gasteiger partial charge in [-0.15, -0.1) is 0 Å². The van der Waals surface area contributed by atoms with E-state index >= 15 is 0 Å². The van der Waals surface area contributed by atoms with Gasteiger partial charge in [0.05, 0.1) is 19.6 Å². The number of nitrogens with one attached hydrogen (secondary N) is 1. The number of hydrogen-bond acceptors (Lipinski definition) is 6. The van der Waals surface area contributed by atoms with Gasteiger partial charge in [-0.25, -0.2) is 0 Å². The Bertz CT molecular complexity index is 1080. The Hall–Kier alpha value is -2.96. The third-order valence-corrected chi connectivity index (χ3v) is 7.60. The molecule has 13 heteroatoms. The van der Waals surface area contributed by atoms with E-state index in [0.717, 1.165) is 0 Å². The zero-order valence-corrected chi connectivity index (χ0v) is 23.3. The van der Waals surface area contributed by atoms with E-state index in [-0.39, 0.29) is 18.4 Å². The van der Waals surface area contributed by atoms with E-state index in [9.17, 15) is 45.5 Å². The third kappa shape index (κ3) is 8.30. The number of alkyl halides is 6. The highest BCUT2D eigenvalue weighted by Gasteiger charge is 2.60. The Morgan fingerprint density at radius 2 is 1.49 bits per heavy atom. The van der Waals surface area contributed by atoms with Crippen LogP contribution in [0.25, 0.3) is 0 Å². The summed E-state index contributed by atoms with van der Waals surface area (Å²) in [4.78, 5) is 51.7. The van der Waals surface area contributed by atoms with Crippen molar-refractivity contribution in [3.05, 3.63) is 29.8 Å². The van der Waals surface area contributed by atoms with E-state index in [1.165, 1.54) is 52.3 Å². The number of methoxy groups -OCH3 is 2. The molecular formula is C28H35F6NO6. The van der Waals surface area contributed by atoms with E-state index in [2.05, 4.69) is 5.32 Å². The van der Waals surface area contributed by atoms with Crippen molar-refractivity contribution in [2.75, 3.05) is 20.8 Å². The summed E-state index contributed by atoms with van der Waals surface area (Å²) in [6.45, 7) is 2.25. The summed E-state index contributed by atoms with van der Waals surface area (Å²) in [5.74, 6) is -8.82. The number of amides is 1. The molecule has 0 saturated heterocycles. The molecule has 1 fully saturated rings. The van der Waals surface area contributed by atoms with Crippen molar-refractivity contribution in [3.63, 3.8) is 0 Å². The summed E-state index contributed by atoms with van der Waals surface area (Å²) in [6, 6.07) is 4.07. The van der Waals surface area contributed by atoms with Gasteiger partial charge in [0.1, 0.15) is 23.0 Å². The van der Waals surface area contributed by atoms with Gasteiger partial charge in [0.15, 0.2) is 5.78 Å². The summed E-state index contributed by atoms with van der Waals surface area (Å²) in [6.07, 6.45) is -12.1. The monoisotopic (exact) mass is 595 g/mol. The molecule has 1 aliphatic rings. The Morgan fingerprint density at radius 1 is 0.927 bits per heavy atom. The second kappa shape index (κ2) is 13.8. The Labute approximate surface area is 234 Å². The van der Waals surface area contributed by atoms with Gasteiger partial charge in [0.2, 0.25) is 11.7 Å². The molecule has 0 aromatic heterocycles. The second-order valence-electron chi connectivity index (χ2n) is 10.7. The smallest absolute Gasteiger partial charge is 0.450 e. The molecule has 230 valence electrons. The van der Waals surface area contributed by atoms with Crippen LogP contribution in [0.5, 0.6) is 5.75 Å². The first-order chi connectivity index (χ1) is 19.0. The van der Waals surface area contributed by atoms with Crippen molar-refractivity contribution in [3.8, 4) is 5.75 Å². The topological polar surface area (TPSA) is 98.8 Å². The minimum atomic E-state index is -5.19. The molecule has 1 amide bonds. The molecule has 0 heterocycles. The average molecular weight is 596 g/mol. The van der Waals surface area contributed by atoms with Crippen molar-refractivity contribution in [1.82, 2.24) is 5.32 Å². The third-order valence-electron chi connectivity index (χ3n) is 7.60. The van der Waals surface area contributed by atoms with Gasteiger partial charge in [-0.3, -0.25) is 19.2 Å². The maximum atomic E-state index is 13.9. The maximum Gasteiger partial charge on any atom is 0.450 e. The summed E-state index contributed by atoms with van der Waals surface area (Å²) >= 11 is 0. The van der Waals surface area contributed by atoms with Crippen molar-refractivity contribution in [2.24, 2.45) is 23.2 Å². The SMILES string of the molecule is COC[C@H](CC(=O)C1(C(F)(F)F)CCCC1)C(=O)N[C@H](C(=O)C[C@H](C(=O)C(F)(F)F)C(C)C)c1ccc(OC)cc1. The van der Waals surface area contributed by atoms with Crippen LogP contribution >= 0.6 is 0 Å². The molecule has 0 radical (unpaired) electrons. The lowest BCUT2D eigenvalue weighted by molar-refractivity contribution is -0.219. The van der Waals surface area contributed by atoms with Crippen LogP contribution in [0.15, 0.2) is 24.3 Å². The molecule has 0 aliphatic heterocycles. The highest BCUT2D eigenvalue weighted by atomic mass is 19.4. The highest BCUT2D eigenvalue weighted by molar-refractivity contribution is 5.96. The molecule has 1 N–H and O–H groups in total. The van der Waals surface area contributed by atoms with E-state index in [1.807, 2.05) is 0 Å². The van der Waals surface area contributed by atoms with Gasteiger partial charge in [-0.2, -0.15) is 26.3 Å². The summed E-state index contributed by atoms with van der Waals surface area (Å²) in [5, 5.41) is 2.39. The standard InChI is InChI=1S/C28H35F6NO6/c1-16(2)20(24(38)27(29,30)31)14-21(36)23(17-7-9-19(41-4)10-8-17)35-25(39)18(15-40-3)13-22(37)26(28(32,33)34)11-5-6-12-26/h7-10,16,18,20,23H,5-6,11-15H2,1-4H3,(H,35,39)/t18-,20-,23-/m0/s1. The first-order valence-electron chi connectivity index (χ1n) is 13.2. The molecule has 1 aliphatic carbocycles. The molecule has 1 aromatic rings. The van der Waals surface area contributed by atoms with Crippen LogP contribution in [-0.2, 0) is 23.9 Å². The number of benzene rings is 1. The van der Waals surface area contributed by atoms with E-state index < -0.39 is 97.1 Å². The largest absolute Gasteiger partial charge is 0.497 e. The predicted molar refractivity (Wildman–Crippen MR) is 135 cm³/mol. The molecule has 3 atom stereocenters. The van der Waals surface area contributed by atoms with Crippen molar-refractivity contribution < 1.29 is 55.0 Å². The van der Waals surface area contributed by atoms with Crippen molar-refractivity contribution in [2.45, 2.75) is 70.8 Å². The number of rotatable bonds is 14. The molecule has 0 bridgehead atoms. The fourth-order valence-electron chi connectivity index (χ4n) is 5.13. The normalized spacial score (nSPS) is 17.5. The minimum absolute atomic E-state index is 0.135. The lowest BCUT2D eigenvalue weighted by Gasteiger charge is -2.31. The van der Waals surface area contributed by atoms with Gasteiger partial charge in [0, 0.05) is 25.9 Å². The lowest BCUT2D eigenvalue weighted by atomic mass is 9.77. The molecule has 2 rings (SSSR count). The molecule has 7 nitrogen and oxygen atoms in total. The molecule has 41 heavy (non-hydrogen) atoms. The molecule has 0 spiro atoms. The fourth-order valence-corrected chi connectivity index (χ4v) is 5.13. The van der Waals surface area contributed by atoms with Gasteiger partial charge in [0.25, 0.3) is 0 Å². The number of carbonyl (C=O) groups excluding carboxylic acids is 4. The fraction of sp³-hybridized carbons (Fsp3) is 0.643. The first-order valence-corrected chi connectivity index (χ1v) is 13.2. The van der Waals surface area contributed by atoms with E-state index in [0.29, 0.717) is 5.75 Å². The molecular weight excluding hydrogens is 560 g/mol. The number of ketones is 3. The molecule has 0 unspecified atom stereocenters. The van der Waals surface area contributed by atoms with Crippen LogP contribution in [-0.4, -0.2) is 56.4 Å².